The first-order valence-corrected chi connectivity index (χ1v) is 3.36. The Morgan fingerprint density at radius 1 is 1.50 bits per heavy atom. The Kier molecular flexibility index (Phi) is 2.65. The molecular formula is C6H11N2O2-. The van der Waals surface area contributed by atoms with E-state index in [1.165, 1.54) is 6.92 Å². The maximum absolute atomic E-state index is 10.4. The molecule has 4 heteroatoms. The zero-order chi connectivity index (χ0) is 7.40. The van der Waals surface area contributed by atoms with Gasteiger partial charge in [0, 0.05) is 20.0 Å². The third-order valence-electron chi connectivity index (χ3n) is 1.27. The van der Waals surface area contributed by atoms with Crippen molar-refractivity contribution in [3.8, 4) is 0 Å². The monoisotopic (exact) mass is 143 g/mol. The van der Waals surface area contributed by atoms with E-state index < -0.39 is 0 Å². The SMILES string of the molecule is CC(=O)ON1CC[N-]CC1. The van der Waals surface area contributed by atoms with Gasteiger partial charge in [-0.3, -0.25) is 4.79 Å². The third kappa shape index (κ3) is 2.33. The first-order valence-electron chi connectivity index (χ1n) is 3.36. The summed E-state index contributed by atoms with van der Waals surface area (Å²) < 4.78 is 0. The molecule has 58 valence electrons. The molecule has 1 rings (SSSR count). The van der Waals surface area contributed by atoms with E-state index in [-0.39, 0.29) is 5.97 Å². The number of carbonyl (C=O) groups excluding carboxylic acids is 1. The minimum absolute atomic E-state index is 0.248. The summed E-state index contributed by atoms with van der Waals surface area (Å²) in [5.74, 6) is -0.248. The second kappa shape index (κ2) is 3.53. The van der Waals surface area contributed by atoms with Crippen molar-refractivity contribution >= 4 is 5.97 Å². The van der Waals surface area contributed by atoms with Crippen LogP contribution in [-0.2, 0) is 9.63 Å². The van der Waals surface area contributed by atoms with Gasteiger partial charge in [0.15, 0.2) is 0 Å². The van der Waals surface area contributed by atoms with Crippen molar-refractivity contribution in [3.63, 3.8) is 0 Å². The highest BCUT2D eigenvalue weighted by atomic mass is 16.7. The fourth-order valence-electron chi connectivity index (χ4n) is 0.861. The molecule has 0 bridgehead atoms. The Bertz CT molecular complexity index is 121. The van der Waals surface area contributed by atoms with E-state index in [2.05, 4.69) is 5.32 Å². The molecule has 1 aliphatic heterocycles. The topological polar surface area (TPSA) is 43.6 Å². The smallest absolute Gasteiger partial charge is 0.322 e. The van der Waals surface area contributed by atoms with E-state index in [4.69, 9.17) is 4.84 Å². The Hall–Kier alpha value is -0.610. The normalized spacial score (nSPS) is 20.5. The van der Waals surface area contributed by atoms with E-state index in [1.807, 2.05) is 0 Å². The molecule has 1 fully saturated rings. The van der Waals surface area contributed by atoms with Crippen molar-refractivity contribution in [2.75, 3.05) is 26.2 Å². The molecule has 1 saturated heterocycles. The first kappa shape index (κ1) is 7.50. The molecule has 0 amide bonds. The van der Waals surface area contributed by atoms with Crippen LogP contribution in [0.4, 0.5) is 0 Å². The molecular weight excluding hydrogens is 132 g/mol. The molecule has 0 unspecified atom stereocenters. The van der Waals surface area contributed by atoms with Gasteiger partial charge >= 0.3 is 5.97 Å². The van der Waals surface area contributed by atoms with Gasteiger partial charge in [-0.25, -0.2) is 0 Å². The van der Waals surface area contributed by atoms with Crippen molar-refractivity contribution in [2.24, 2.45) is 0 Å². The van der Waals surface area contributed by atoms with Crippen LogP contribution in [-0.4, -0.2) is 37.2 Å². The standard InChI is InChI=1S/C6H11N2O2/c1-6(9)10-8-4-2-7-3-5-8/h2-5H2,1H3/q-1. The lowest BCUT2D eigenvalue weighted by Gasteiger charge is -2.33. The van der Waals surface area contributed by atoms with Gasteiger partial charge in [0.2, 0.25) is 0 Å². The van der Waals surface area contributed by atoms with Gasteiger partial charge in [-0.2, -0.15) is 0 Å². The lowest BCUT2D eigenvalue weighted by molar-refractivity contribution is -0.187. The molecule has 0 aromatic carbocycles. The Morgan fingerprint density at radius 3 is 2.60 bits per heavy atom. The van der Waals surface area contributed by atoms with Crippen LogP contribution in [0.2, 0.25) is 0 Å². The summed E-state index contributed by atoms with van der Waals surface area (Å²) in [6.45, 7) is 4.42. The average Bonchev–Trinajstić information content (AvgIpc) is 1.88. The molecule has 0 aliphatic carbocycles. The lowest BCUT2D eigenvalue weighted by atomic mass is 10.4. The van der Waals surface area contributed by atoms with Crippen molar-refractivity contribution in [1.82, 2.24) is 5.06 Å². The molecule has 0 aromatic heterocycles. The fraction of sp³-hybridized carbons (Fsp3) is 0.833. The average molecular weight is 143 g/mol. The Morgan fingerprint density at radius 2 is 2.10 bits per heavy atom. The van der Waals surface area contributed by atoms with Gasteiger partial charge in [-0.1, -0.05) is 0 Å². The molecule has 1 aliphatic rings. The zero-order valence-corrected chi connectivity index (χ0v) is 6.04. The molecule has 0 atom stereocenters. The van der Waals surface area contributed by atoms with Gasteiger partial charge in [0.1, 0.15) is 0 Å². The third-order valence-corrected chi connectivity index (χ3v) is 1.27. The van der Waals surface area contributed by atoms with E-state index in [9.17, 15) is 4.79 Å². The number of nitrogens with zero attached hydrogens (tertiary/aromatic N) is 2. The molecule has 0 saturated carbocycles. The van der Waals surface area contributed by atoms with Gasteiger partial charge < -0.3 is 10.2 Å². The van der Waals surface area contributed by atoms with Crippen LogP contribution in [0, 0.1) is 0 Å². The van der Waals surface area contributed by atoms with Crippen LogP contribution in [0.25, 0.3) is 5.32 Å². The van der Waals surface area contributed by atoms with Crippen LogP contribution in [0.5, 0.6) is 0 Å². The Labute approximate surface area is 60.1 Å². The van der Waals surface area contributed by atoms with Crippen LogP contribution >= 0.6 is 0 Å². The highest BCUT2D eigenvalue weighted by Crippen LogP contribution is 2.01. The highest BCUT2D eigenvalue weighted by Gasteiger charge is 2.05. The van der Waals surface area contributed by atoms with Crippen LogP contribution < -0.4 is 0 Å². The van der Waals surface area contributed by atoms with E-state index in [0.29, 0.717) is 0 Å². The molecule has 0 N–H and O–H groups in total. The molecule has 0 spiro atoms. The van der Waals surface area contributed by atoms with Gasteiger partial charge in [0.25, 0.3) is 0 Å². The Balaban J connectivity index is 2.19. The van der Waals surface area contributed by atoms with Crippen LogP contribution in [0.3, 0.4) is 0 Å². The molecule has 0 aromatic rings. The lowest BCUT2D eigenvalue weighted by Crippen LogP contribution is -2.35. The summed E-state index contributed by atoms with van der Waals surface area (Å²) in [6.07, 6.45) is 0. The molecule has 4 nitrogen and oxygen atoms in total. The summed E-state index contributed by atoms with van der Waals surface area (Å²) in [7, 11) is 0. The molecule has 10 heavy (non-hydrogen) atoms. The first-order chi connectivity index (χ1) is 4.79. The van der Waals surface area contributed by atoms with Gasteiger partial charge in [-0.05, 0) is 0 Å². The highest BCUT2D eigenvalue weighted by molar-refractivity contribution is 5.65. The molecule has 0 radical (unpaired) electrons. The number of rotatable bonds is 1. The maximum atomic E-state index is 10.4. The summed E-state index contributed by atoms with van der Waals surface area (Å²) >= 11 is 0. The summed E-state index contributed by atoms with van der Waals surface area (Å²) in [5.41, 5.74) is 0. The van der Waals surface area contributed by atoms with Crippen LogP contribution in [0.15, 0.2) is 0 Å². The quantitative estimate of drug-likeness (QED) is 0.525. The predicted octanol–water partition coefficient (Wildman–Crippen LogP) is 0.154. The minimum atomic E-state index is -0.248. The van der Waals surface area contributed by atoms with Crippen molar-refractivity contribution < 1.29 is 9.63 Å². The zero-order valence-electron chi connectivity index (χ0n) is 6.04. The van der Waals surface area contributed by atoms with Crippen molar-refractivity contribution in [3.05, 3.63) is 5.32 Å². The maximum Gasteiger partial charge on any atom is 0.322 e. The fourth-order valence-corrected chi connectivity index (χ4v) is 0.861. The number of hydrogen-bond donors (Lipinski definition) is 0. The van der Waals surface area contributed by atoms with E-state index in [1.54, 1.807) is 5.06 Å². The second-order valence-electron chi connectivity index (χ2n) is 2.18. The van der Waals surface area contributed by atoms with E-state index in [0.717, 1.165) is 26.2 Å². The van der Waals surface area contributed by atoms with Gasteiger partial charge in [-0.15, -0.1) is 18.2 Å². The summed E-state index contributed by atoms with van der Waals surface area (Å²) in [6, 6.07) is 0. The minimum Gasteiger partial charge on any atom is -0.660 e. The number of hydroxylamine groups is 2. The van der Waals surface area contributed by atoms with Crippen molar-refractivity contribution in [1.29, 1.82) is 0 Å². The van der Waals surface area contributed by atoms with Crippen molar-refractivity contribution in [2.45, 2.75) is 6.92 Å². The number of hydrogen-bond acceptors (Lipinski definition) is 3. The number of piperazine rings is 1. The number of carbonyl (C=O) groups is 1. The van der Waals surface area contributed by atoms with Gasteiger partial charge in [0.05, 0.1) is 0 Å². The molecule has 1 heterocycles. The largest absolute Gasteiger partial charge is 0.660 e. The predicted molar refractivity (Wildman–Crippen MR) is 36.4 cm³/mol. The van der Waals surface area contributed by atoms with E-state index >= 15 is 0 Å². The van der Waals surface area contributed by atoms with Crippen LogP contribution in [0.1, 0.15) is 6.92 Å². The second-order valence-corrected chi connectivity index (χ2v) is 2.18. The summed E-state index contributed by atoms with van der Waals surface area (Å²) in [4.78, 5) is 15.2. The summed E-state index contributed by atoms with van der Waals surface area (Å²) in [5, 5.41) is 5.75.